The molecule has 0 spiro atoms. The molecule has 1 aliphatic heterocycles. The molecule has 1 heterocycles. The Hall–Kier alpha value is -0.193. The summed E-state index contributed by atoms with van der Waals surface area (Å²) in [5.41, 5.74) is -0.106. The van der Waals surface area contributed by atoms with E-state index in [2.05, 4.69) is 60.0 Å². The molecule has 1 aliphatic rings. The highest BCUT2D eigenvalue weighted by atomic mass is 28.4. The highest BCUT2D eigenvalue weighted by Gasteiger charge is 2.42. The summed E-state index contributed by atoms with van der Waals surface area (Å²) in [5, 5.41) is 3.78. The molecule has 0 bridgehead atoms. The Morgan fingerprint density at radius 1 is 1.37 bits per heavy atom. The lowest BCUT2D eigenvalue weighted by atomic mass is 9.87. The van der Waals surface area contributed by atoms with Gasteiger partial charge in [-0.05, 0) is 38.9 Å². The molecule has 1 saturated heterocycles. The van der Waals surface area contributed by atoms with Crippen molar-refractivity contribution in [2.45, 2.75) is 90.2 Å². The smallest absolute Gasteiger partial charge is 0.192 e. The molecule has 112 valence electrons. The summed E-state index contributed by atoms with van der Waals surface area (Å²) in [6.07, 6.45) is 1.31. The molecule has 1 fully saturated rings. The monoisotopic (exact) mass is 285 g/mol. The average Bonchev–Trinajstić information content (AvgIpc) is 2.11. The van der Waals surface area contributed by atoms with Gasteiger partial charge in [0.05, 0.1) is 6.10 Å². The van der Waals surface area contributed by atoms with Crippen LogP contribution in [0.4, 0.5) is 0 Å². The van der Waals surface area contributed by atoms with Gasteiger partial charge >= 0.3 is 0 Å². The summed E-state index contributed by atoms with van der Waals surface area (Å²) in [6, 6.07) is 0.144. The molecule has 0 saturated carbocycles. The van der Waals surface area contributed by atoms with Crippen LogP contribution in [0.15, 0.2) is 0 Å². The predicted molar refractivity (Wildman–Crippen MR) is 83.0 cm³/mol. The van der Waals surface area contributed by atoms with Crippen LogP contribution in [0.2, 0.25) is 18.1 Å². The maximum atomic E-state index is 11.9. The van der Waals surface area contributed by atoms with E-state index in [1.54, 1.807) is 0 Å². The van der Waals surface area contributed by atoms with E-state index in [-0.39, 0.29) is 22.7 Å². The number of hydrogen-bond donors (Lipinski definition) is 1. The third-order valence-corrected chi connectivity index (χ3v) is 9.09. The first-order chi connectivity index (χ1) is 8.34. The zero-order valence-corrected chi connectivity index (χ0v) is 14.9. The van der Waals surface area contributed by atoms with Crippen LogP contribution in [0.25, 0.3) is 0 Å². The van der Waals surface area contributed by atoms with Crippen molar-refractivity contribution in [1.29, 1.82) is 0 Å². The zero-order valence-electron chi connectivity index (χ0n) is 13.9. The van der Waals surface area contributed by atoms with Crippen molar-refractivity contribution in [2.75, 3.05) is 0 Å². The van der Waals surface area contributed by atoms with Gasteiger partial charge in [-0.25, -0.2) is 0 Å². The van der Waals surface area contributed by atoms with Crippen molar-refractivity contribution >= 4 is 14.1 Å². The molecule has 0 amide bonds. The summed E-state index contributed by atoms with van der Waals surface area (Å²) in [5.74, 6) is 0.347. The second kappa shape index (κ2) is 5.30. The van der Waals surface area contributed by atoms with Gasteiger partial charge in [0.15, 0.2) is 8.32 Å². The highest BCUT2D eigenvalue weighted by Crippen LogP contribution is 2.38. The summed E-state index contributed by atoms with van der Waals surface area (Å²) >= 11 is 0. The Labute approximate surface area is 119 Å². The molecule has 0 aromatic rings. The summed E-state index contributed by atoms with van der Waals surface area (Å²) < 4.78 is 6.41. The Balaban J connectivity index is 2.73. The van der Waals surface area contributed by atoms with Gasteiger partial charge in [0.2, 0.25) is 0 Å². The third-order valence-electron chi connectivity index (χ3n) is 4.52. The number of nitrogens with one attached hydrogen (secondary N) is 1. The maximum absolute atomic E-state index is 11.9. The molecule has 1 N–H and O–H groups in total. The van der Waals surface area contributed by atoms with Crippen LogP contribution in [0.3, 0.4) is 0 Å². The number of rotatable bonds is 3. The van der Waals surface area contributed by atoms with Crippen LogP contribution in [-0.2, 0) is 9.22 Å². The quantitative estimate of drug-likeness (QED) is 0.807. The Kier molecular flexibility index (Phi) is 4.70. The van der Waals surface area contributed by atoms with Gasteiger partial charge in [-0.15, -0.1) is 0 Å². The van der Waals surface area contributed by atoms with Crippen LogP contribution in [0, 0.1) is 0 Å². The maximum Gasteiger partial charge on any atom is 0.192 e. The molecule has 0 aromatic heterocycles. The van der Waals surface area contributed by atoms with E-state index in [0.717, 1.165) is 0 Å². The number of Topliss-reactive ketones (excluding diaryl/α,β-unsaturated/α-hetero) is 1. The first kappa shape index (κ1) is 16.9. The van der Waals surface area contributed by atoms with Crippen molar-refractivity contribution in [3.63, 3.8) is 0 Å². The molecule has 0 aliphatic carbocycles. The summed E-state index contributed by atoms with van der Waals surface area (Å²) in [4.78, 5) is 11.9. The highest BCUT2D eigenvalue weighted by molar-refractivity contribution is 6.74. The minimum Gasteiger partial charge on any atom is -0.413 e. The SMILES string of the molecule is C[C@H](O[Si](C)(C)C(C)(C)C)[C@@H]1CC(=O)CC(C)(C)N1. The number of ketones is 1. The topological polar surface area (TPSA) is 38.3 Å². The molecular weight excluding hydrogens is 254 g/mol. The van der Waals surface area contributed by atoms with E-state index >= 15 is 0 Å². The molecule has 19 heavy (non-hydrogen) atoms. The number of carbonyl (C=O) groups is 1. The fourth-order valence-corrected chi connectivity index (χ4v) is 3.87. The van der Waals surface area contributed by atoms with Gasteiger partial charge < -0.3 is 9.74 Å². The Morgan fingerprint density at radius 2 is 1.89 bits per heavy atom. The van der Waals surface area contributed by atoms with Gasteiger partial charge in [-0.1, -0.05) is 20.8 Å². The second-order valence-corrected chi connectivity index (χ2v) is 12.9. The third kappa shape index (κ3) is 4.40. The first-order valence-electron chi connectivity index (χ1n) is 7.31. The number of piperidine rings is 1. The van der Waals surface area contributed by atoms with Crippen LogP contribution in [-0.4, -0.2) is 31.8 Å². The van der Waals surface area contributed by atoms with Crippen LogP contribution >= 0.6 is 0 Å². The molecule has 1 rings (SSSR count). The predicted octanol–water partition coefficient (Wildman–Crippen LogP) is 3.50. The van der Waals surface area contributed by atoms with Gasteiger partial charge in [0.25, 0.3) is 0 Å². The average molecular weight is 286 g/mol. The lowest BCUT2D eigenvalue weighted by Crippen LogP contribution is -2.58. The Bertz CT molecular complexity index is 345. The van der Waals surface area contributed by atoms with Crippen molar-refractivity contribution in [1.82, 2.24) is 5.32 Å². The fraction of sp³-hybridized carbons (Fsp3) is 0.933. The molecule has 2 atom stereocenters. The zero-order chi connectivity index (χ0) is 15.1. The lowest BCUT2D eigenvalue weighted by molar-refractivity contribution is -0.123. The van der Waals surface area contributed by atoms with E-state index in [1.165, 1.54) is 0 Å². The van der Waals surface area contributed by atoms with Crippen molar-refractivity contribution in [3.05, 3.63) is 0 Å². The van der Waals surface area contributed by atoms with E-state index in [0.29, 0.717) is 18.6 Å². The van der Waals surface area contributed by atoms with Crippen LogP contribution < -0.4 is 5.32 Å². The largest absolute Gasteiger partial charge is 0.413 e. The van der Waals surface area contributed by atoms with E-state index in [1.807, 2.05) is 0 Å². The summed E-state index contributed by atoms with van der Waals surface area (Å²) in [6.45, 7) is 17.6. The van der Waals surface area contributed by atoms with Gasteiger partial charge in [0.1, 0.15) is 5.78 Å². The van der Waals surface area contributed by atoms with Crippen LogP contribution in [0.5, 0.6) is 0 Å². The standard InChI is InChI=1S/C15H31NO2Si/c1-11(18-19(7,8)14(2,3)4)13-9-12(17)10-15(5,6)16-13/h11,13,16H,9-10H2,1-8H3/t11-,13-/m0/s1. The molecule has 0 aromatic carbocycles. The summed E-state index contributed by atoms with van der Waals surface area (Å²) in [7, 11) is -1.77. The molecule has 0 radical (unpaired) electrons. The first-order valence-corrected chi connectivity index (χ1v) is 10.2. The van der Waals surface area contributed by atoms with Crippen molar-refractivity contribution in [3.8, 4) is 0 Å². The van der Waals surface area contributed by atoms with Crippen molar-refractivity contribution < 1.29 is 9.22 Å². The number of carbonyl (C=O) groups excluding carboxylic acids is 1. The van der Waals surface area contributed by atoms with E-state index in [4.69, 9.17) is 4.43 Å². The van der Waals surface area contributed by atoms with Crippen LogP contribution in [0.1, 0.15) is 54.4 Å². The second-order valence-electron chi connectivity index (χ2n) is 8.14. The van der Waals surface area contributed by atoms with Crippen molar-refractivity contribution in [2.24, 2.45) is 0 Å². The van der Waals surface area contributed by atoms with Gasteiger partial charge in [0, 0.05) is 24.4 Å². The molecular formula is C15H31NO2Si. The minimum atomic E-state index is -1.77. The number of hydrogen-bond acceptors (Lipinski definition) is 3. The van der Waals surface area contributed by atoms with Gasteiger partial charge in [-0.2, -0.15) is 0 Å². The normalized spacial score (nSPS) is 26.3. The van der Waals surface area contributed by atoms with Gasteiger partial charge in [-0.3, -0.25) is 4.79 Å². The fourth-order valence-electron chi connectivity index (χ4n) is 2.42. The lowest BCUT2D eigenvalue weighted by Gasteiger charge is -2.44. The molecule has 4 heteroatoms. The van der Waals surface area contributed by atoms with E-state index < -0.39 is 8.32 Å². The minimum absolute atomic E-state index is 0.0874. The molecule has 0 unspecified atom stereocenters. The van der Waals surface area contributed by atoms with E-state index in [9.17, 15) is 4.79 Å². The molecule has 3 nitrogen and oxygen atoms in total. The Morgan fingerprint density at radius 3 is 2.32 bits per heavy atom.